The van der Waals surface area contributed by atoms with E-state index in [4.69, 9.17) is 16.3 Å². The van der Waals surface area contributed by atoms with Crippen molar-refractivity contribution in [2.24, 2.45) is 0 Å². The van der Waals surface area contributed by atoms with Gasteiger partial charge in [0.15, 0.2) is 5.60 Å². The third kappa shape index (κ3) is 5.38. The van der Waals surface area contributed by atoms with Crippen LogP contribution in [0, 0.1) is 6.92 Å². The lowest BCUT2D eigenvalue weighted by Gasteiger charge is -2.25. The van der Waals surface area contributed by atoms with Crippen molar-refractivity contribution in [1.29, 1.82) is 0 Å². The van der Waals surface area contributed by atoms with Gasteiger partial charge < -0.3 is 15.4 Å². The summed E-state index contributed by atoms with van der Waals surface area (Å²) in [4.78, 5) is 12.3. The molecule has 128 valence electrons. The van der Waals surface area contributed by atoms with Gasteiger partial charge >= 0.3 is 0 Å². The molecule has 2 aromatic rings. The number of benzene rings is 1. The highest BCUT2D eigenvalue weighted by Gasteiger charge is 2.29. The average Bonchev–Trinajstić information content (AvgIpc) is 2.55. The van der Waals surface area contributed by atoms with Crippen molar-refractivity contribution in [2.75, 3.05) is 18.4 Å². The average molecular weight is 349 g/mol. The number of carbonyl (C=O) groups is 1. The highest BCUT2D eigenvalue weighted by molar-refractivity contribution is 6.30. The van der Waals surface area contributed by atoms with Gasteiger partial charge in [0.1, 0.15) is 11.6 Å². The van der Waals surface area contributed by atoms with E-state index in [-0.39, 0.29) is 5.91 Å². The maximum atomic E-state index is 12.3. The van der Waals surface area contributed by atoms with Crippen molar-refractivity contribution in [3.8, 4) is 5.75 Å². The molecule has 0 radical (unpaired) electrons. The molecule has 0 spiro atoms. The molecule has 1 aromatic heterocycles. The Hall–Kier alpha value is -2.34. The van der Waals surface area contributed by atoms with E-state index in [0.717, 1.165) is 5.69 Å². The first-order chi connectivity index (χ1) is 11.4. The van der Waals surface area contributed by atoms with E-state index >= 15 is 0 Å². The van der Waals surface area contributed by atoms with Gasteiger partial charge in [0, 0.05) is 18.1 Å². The zero-order valence-corrected chi connectivity index (χ0v) is 14.7. The number of rotatable bonds is 7. The fourth-order valence-corrected chi connectivity index (χ4v) is 2.04. The smallest absolute Gasteiger partial charge is 0.263 e. The minimum Gasteiger partial charge on any atom is -0.478 e. The molecule has 0 aliphatic heterocycles. The van der Waals surface area contributed by atoms with Gasteiger partial charge in [-0.05, 0) is 57.2 Å². The van der Waals surface area contributed by atoms with Crippen LogP contribution in [0.5, 0.6) is 5.75 Å². The van der Waals surface area contributed by atoms with Gasteiger partial charge in [0.05, 0.1) is 5.69 Å². The molecule has 6 nitrogen and oxygen atoms in total. The Bertz CT molecular complexity index is 672. The van der Waals surface area contributed by atoms with Gasteiger partial charge in [-0.2, -0.15) is 5.10 Å². The number of ether oxygens (including phenoxy) is 1. The normalized spacial score (nSPS) is 11.0. The van der Waals surface area contributed by atoms with Crippen molar-refractivity contribution in [3.63, 3.8) is 0 Å². The molecule has 2 N–H and O–H groups in total. The Morgan fingerprint density at radius 1 is 1.12 bits per heavy atom. The van der Waals surface area contributed by atoms with Gasteiger partial charge in [-0.15, -0.1) is 5.10 Å². The molecular formula is C17H21ClN4O2. The lowest BCUT2D eigenvalue weighted by molar-refractivity contribution is -0.134. The van der Waals surface area contributed by atoms with Gasteiger partial charge in [-0.1, -0.05) is 11.6 Å². The fourth-order valence-electron chi connectivity index (χ4n) is 1.92. The molecule has 0 aliphatic carbocycles. The molecule has 0 saturated carbocycles. The van der Waals surface area contributed by atoms with E-state index in [2.05, 4.69) is 20.8 Å². The Morgan fingerprint density at radius 2 is 1.83 bits per heavy atom. The Kier molecular flexibility index (Phi) is 5.98. The summed E-state index contributed by atoms with van der Waals surface area (Å²) in [7, 11) is 0. The molecule has 0 aliphatic rings. The number of amides is 1. The summed E-state index contributed by atoms with van der Waals surface area (Å²) < 4.78 is 5.73. The first-order valence-corrected chi connectivity index (χ1v) is 8.02. The maximum Gasteiger partial charge on any atom is 0.263 e. The summed E-state index contributed by atoms with van der Waals surface area (Å²) in [6, 6.07) is 10.6. The topological polar surface area (TPSA) is 76.1 Å². The van der Waals surface area contributed by atoms with Crippen molar-refractivity contribution < 1.29 is 9.53 Å². The number of nitrogens with zero attached hydrogens (tertiary/aromatic N) is 2. The van der Waals surface area contributed by atoms with Gasteiger partial charge in [0.25, 0.3) is 5.91 Å². The monoisotopic (exact) mass is 348 g/mol. The highest BCUT2D eigenvalue weighted by atomic mass is 35.5. The Morgan fingerprint density at radius 3 is 2.46 bits per heavy atom. The number of hydrogen-bond donors (Lipinski definition) is 2. The minimum atomic E-state index is -0.989. The van der Waals surface area contributed by atoms with Crippen molar-refractivity contribution in [3.05, 3.63) is 47.1 Å². The van der Waals surface area contributed by atoms with Gasteiger partial charge in [-0.25, -0.2) is 0 Å². The Balaban J connectivity index is 1.77. The van der Waals surface area contributed by atoms with Crippen molar-refractivity contribution in [2.45, 2.75) is 26.4 Å². The van der Waals surface area contributed by atoms with Gasteiger partial charge in [0.2, 0.25) is 0 Å². The molecule has 1 amide bonds. The molecule has 7 heteroatoms. The second-order valence-corrected chi connectivity index (χ2v) is 6.25. The first kappa shape index (κ1) is 18.0. The fraction of sp³-hybridized carbons (Fsp3) is 0.353. The van der Waals surface area contributed by atoms with E-state index in [1.165, 1.54) is 0 Å². The van der Waals surface area contributed by atoms with Crippen LogP contribution in [0.4, 0.5) is 5.82 Å². The zero-order valence-electron chi connectivity index (χ0n) is 14.0. The van der Waals surface area contributed by atoms with Crippen LogP contribution in [0.3, 0.4) is 0 Å². The van der Waals surface area contributed by atoms with E-state index in [1.54, 1.807) is 38.1 Å². The second-order valence-electron chi connectivity index (χ2n) is 5.81. The SMILES string of the molecule is Cc1ccc(NCCNC(=O)C(C)(C)Oc2ccc(Cl)cc2)nn1. The molecule has 0 atom stereocenters. The van der Waals surface area contributed by atoms with Crippen LogP contribution >= 0.6 is 11.6 Å². The van der Waals surface area contributed by atoms with E-state index in [9.17, 15) is 4.79 Å². The number of hydrogen-bond acceptors (Lipinski definition) is 5. The number of aromatic nitrogens is 2. The minimum absolute atomic E-state index is 0.200. The molecule has 0 bridgehead atoms. The summed E-state index contributed by atoms with van der Waals surface area (Å²) >= 11 is 5.84. The highest BCUT2D eigenvalue weighted by Crippen LogP contribution is 2.20. The number of anilines is 1. The van der Waals surface area contributed by atoms with Crippen molar-refractivity contribution >= 4 is 23.3 Å². The first-order valence-electron chi connectivity index (χ1n) is 7.64. The van der Waals surface area contributed by atoms with Crippen LogP contribution in [-0.4, -0.2) is 34.8 Å². The lowest BCUT2D eigenvalue weighted by Crippen LogP contribution is -2.47. The molecule has 0 saturated heterocycles. The van der Waals surface area contributed by atoms with Crippen LogP contribution in [-0.2, 0) is 4.79 Å². The van der Waals surface area contributed by atoms with E-state index in [0.29, 0.717) is 29.7 Å². The zero-order chi connectivity index (χ0) is 17.6. The standard InChI is InChI=1S/C17H21ClN4O2/c1-12-4-9-15(22-21-12)19-10-11-20-16(23)17(2,3)24-14-7-5-13(18)6-8-14/h4-9H,10-11H2,1-3H3,(H,19,22)(H,20,23). The molecule has 0 fully saturated rings. The van der Waals surface area contributed by atoms with Gasteiger partial charge in [-0.3, -0.25) is 4.79 Å². The largest absolute Gasteiger partial charge is 0.478 e. The van der Waals surface area contributed by atoms with Crippen LogP contribution in [0.25, 0.3) is 0 Å². The number of carbonyl (C=O) groups excluding carboxylic acids is 1. The predicted molar refractivity (Wildman–Crippen MR) is 94.4 cm³/mol. The summed E-state index contributed by atoms with van der Waals surface area (Å²) in [5.41, 5.74) is -0.132. The van der Waals surface area contributed by atoms with Crippen LogP contribution in [0.2, 0.25) is 5.02 Å². The quantitative estimate of drug-likeness (QED) is 0.752. The molecule has 24 heavy (non-hydrogen) atoms. The van der Waals surface area contributed by atoms with Crippen LogP contribution < -0.4 is 15.4 Å². The number of halogens is 1. The molecule has 0 unspecified atom stereocenters. The second kappa shape index (κ2) is 7.97. The Labute approximate surface area is 146 Å². The summed E-state index contributed by atoms with van der Waals surface area (Å²) in [5.74, 6) is 1.06. The summed E-state index contributed by atoms with van der Waals surface area (Å²) in [5, 5.41) is 14.5. The summed E-state index contributed by atoms with van der Waals surface area (Å²) in [6.07, 6.45) is 0. The molecule has 2 rings (SSSR count). The van der Waals surface area contributed by atoms with Crippen LogP contribution in [0.15, 0.2) is 36.4 Å². The molecule has 1 heterocycles. The molecular weight excluding hydrogens is 328 g/mol. The third-order valence-corrected chi connectivity index (χ3v) is 3.50. The van der Waals surface area contributed by atoms with E-state index in [1.807, 2.05) is 19.1 Å². The van der Waals surface area contributed by atoms with Crippen molar-refractivity contribution in [1.82, 2.24) is 15.5 Å². The lowest BCUT2D eigenvalue weighted by atomic mass is 10.1. The predicted octanol–water partition coefficient (Wildman–Crippen LogP) is 2.82. The number of aryl methyl sites for hydroxylation is 1. The van der Waals surface area contributed by atoms with E-state index < -0.39 is 5.60 Å². The third-order valence-electron chi connectivity index (χ3n) is 3.25. The molecule has 1 aromatic carbocycles. The summed E-state index contributed by atoms with van der Waals surface area (Å²) in [6.45, 7) is 6.30. The number of nitrogens with one attached hydrogen (secondary N) is 2. The maximum absolute atomic E-state index is 12.3. The van der Waals surface area contributed by atoms with Crippen LogP contribution in [0.1, 0.15) is 19.5 Å².